The fraction of sp³-hybridized carbons (Fsp3) is 0.762. The van der Waals surface area contributed by atoms with Gasteiger partial charge in [0.25, 0.3) is 0 Å². The van der Waals surface area contributed by atoms with Gasteiger partial charge >= 0.3 is 17.4 Å². The molecule has 0 aliphatic carbocycles. The first-order chi connectivity index (χ1) is 21.8. The minimum atomic E-state index is 0. The molecule has 2 aromatic carbocycles. The van der Waals surface area contributed by atoms with Gasteiger partial charge in [0.2, 0.25) is 0 Å². The molecule has 0 nitrogen and oxygen atoms in total. The standard InChI is InChI=1S/2C21H38P.Cr/c2*1-3-5-7-9-11-15-19-22(21-17-13-14-18-21)20-16-12-10-8-6-4-2;/h2*13-14,17-18H,3-12,15-16,19-20H2,1-2H3;/q2*-1;+2. The van der Waals surface area contributed by atoms with Crippen LogP contribution in [0.3, 0.4) is 0 Å². The minimum Gasteiger partial charge on any atom is -0.213 e. The van der Waals surface area contributed by atoms with Crippen molar-refractivity contribution in [3.63, 3.8) is 0 Å². The quantitative estimate of drug-likeness (QED) is 0.0434. The third-order valence-electron chi connectivity index (χ3n) is 9.15. The second-order valence-electron chi connectivity index (χ2n) is 13.3. The Bertz CT molecular complexity index is 670. The second kappa shape index (κ2) is 35.4. The molecule has 0 aliphatic heterocycles. The molecular formula is C42H76CrP2. The van der Waals surface area contributed by atoms with Gasteiger partial charge in [0.1, 0.15) is 0 Å². The van der Waals surface area contributed by atoms with Crippen LogP contribution in [0.15, 0.2) is 48.5 Å². The van der Waals surface area contributed by atoms with Crippen molar-refractivity contribution in [1.82, 2.24) is 0 Å². The van der Waals surface area contributed by atoms with Crippen LogP contribution < -0.4 is 10.6 Å². The van der Waals surface area contributed by atoms with E-state index in [2.05, 4.69) is 76.2 Å². The molecule has 0 radical (unpaired) electrons. The third kappa shape index (κ3) is 26.7. The van der Waals surface area contributed by atoms with Crippen molar-refractivity contribution in [2.75, 3.05) is 24.6 Å². The summed E-state index contributed by atoms with van der Waals surface area (Å²) >= 11 is 0. The van der Waals surface area contributed by atoms with E-state index in [0.717, 1.165) is 0 Å². The van der Waals surface area contributed by atoms with Crippen LogP contribution in [0.2, 0.25) is 0 Å². The molecule has 0 bridgehead atoms. The largest absolute Gasteiger partial charge is 2.00 e. The Balaban J connectivity index is 0.000000842. The molecule has 0 aliphatic rings. The van der Waals surface area contributed by atoms with Gasteiger partial charge in [0, 0.05) is 0 Å². The molecule has 260 valence electrons. The summed E-state index contributed by atoms with van der Waals surface area (Å²) in [5.74, 6) is 0. The fourth-order valence-electron chi connectivity index (χ4n) is 6.22. The maximum Gasteiger partial charge on any atom is 2.00 e. The van der Waals surface area contributed by atoms with E-state index in [4.69, 9.17) is 0 Å². The summed E-state index contributed by atoms with van der Waals surface area (Å²) in [5, 5.41) is 3.33. The normalized spacial score (nSPS) is 11.2. The molecule has 0 N–H and O–H groups in total. The zero-order chi connectivity index (χ0) is 31.8. The van der Waals surface area contributed by atoms with Gasteiger partial charge in [-0.25, -0.2) is 24.3 Å². The zero-order valence-corrected chi connectivity index (χ0v) is 33.8. The van der Waals surface area contributed by atoms with E-state index in [1.807, 2.05) is 0 Å². The van der Waals surface area contributed by atoms with Gasteiger partial charge in [0.15, 0.2) is 0 Å². The molecule has 0 heterocycles. The van der Waals surface area contributed by atoms with E-state index < -0.39 is 0 Å². The molecule has 0 saturated heterocycles. The summed E-state index contributed by atoms with van der Waals surface area (Å²) in [7, 11) is 0.265. The molecule has 0 amide bonds. The SMILES string of the molecule is CCCCCCCCP(CCCCCCCC)c1ccc[cH-]1.CCCCCCCCP(CCCCCCCC)c1ccc[cH-]1.[Cr+2]. The van der Waals surface area contributed by atoms with E-state index in [1.54, 1.807) is 10.6 Å². The average Bonchev–Trinajstić information content (AvgIpc) is 3.78. The molecule has 3 heteroatoms. The van der Waals surface area contributed by atoms with Crippen LogP contribution in [0.25, 0.3) is 0 Å². The van der Waals surface area contributed by atoms with Crippen molar-refractivity contribution >= 4 is 26.5 Å². The maximum atomic E-state index is 2.37. The molecule has 0 saturated carbocycles. The summed E-state index contributed by atoms with van der Waals surface area (Å²) in [6, 6.07) is 18.4. The van der Waals surface area contributed by atoms with Crippen molar-refractivity contribution in [2.24, 2.45) is 0 Å². The van der Waals surface area contributed by atoms with E-state index >= 15 is 0 Å². The maximum absolute atomic E-state index is 2.37. The van der Waals surface area contributed by atoms with Crippen LogP contribution in [0, 0.1) is 0 Å². The van der Waals surface area contributed by atoms with Crippen molar-refractivity contribution in [3.05, 3.63) is 48.5 Å². The zero-order valence-electron chi connectivity index (χ0n) is 30.7. The first-order valence-electron chi connectivity index (χ1n) is 19.7. The second-order valence-corrected chi connectivity index (χ2v) is 18.3. The van der Waals surface area contributed by atoms with Gasteiger partial charge < -0.3 is 0 Å². The predicted octanol–water partition coefficient (Wildman–Crippen LogP) is 14.5. The minimum absolute atomic E-state index is 0. The van der Waals surface area contributed by atoms with E-state index in [9.17, 15) is 0 Å². The van der Waals surface area contributed by atoms with Gasteiger partial charge in [-0.1, -0.05) is 156 Å². The molecule has 0 unspecified atom stereocenters. The Morgan fingerprint density at radius 2 is 0.622 bits per heavy atom. The van der Waals surface area contributed by atoms with Crippen molar-refractivity contribution in [3.8, 4) is 0 Å². The van der Waals surface area contributed by atoms with Gasteiger partial charge in [-0.15, -0.1) is 26.5 Å². The summed E-state index contributed by atoms with van der Waals surface area (Å²) < 4.78 is 0. The molecule has 2 aromatic rings. The number of unbranched alkanes of at least 4 members (excludes halogenated alkanes) is 20. The van der Waals surface area contributed by atoms with E-state index in [0.29, 0.717) is 0 Å². The van der Waals surface area contributed by atoms with Crippen LogP contribution >= 0.6 is 15.8 Å². The topological polar surface area (TPSA) is 0 Å². The van der Waals surface area contributed by atoms with Crippen molar-refractivity contribution in [2.45, 2.75) is 182 Å². The molecular weight excluding hydrogens is 618 g/mol. The summed E-state index contributed by atoms with van der Waals surface area (Å²) in [4.78, 5) is 0. The van der Waals surface area contributed by atoms with Crippen molar-refractivity contribution < 1.29 is 17.4 Å². The summed E-state index contributed by atoms with van der Waals surface area (Å²) in [6.07, 6.45) is 40.3. The molecule has 0 atom stereocenters. The van der Waals surface area contributed by atoms with Gasteiger partial charge in [-0.05, 0) is 50.3 Å². The molecule has 0 fully saturated rings. The van der Waals surface area contributed by atoms with Crippen LogP contribution in [-0.2, 0) is 17.4 Å². The fourth-order valence-corrected chi connectivity index (χ4v) is 11.3. The van der Waals surface area contributed by atoms with Crippen LogP contribution in [-0.4, -0.2) is 24.6 Å². The van der Waals surface area contributed by atoms with Crippen LogP contribution in [0.5, 0.6) is 0 Å². The first-order valence-corrected chi connectivity index (χ1v) is 23.1. The van der Waals surface area contributed by atoms with E-state index in [-0.39, 0.29) is 33.2 Å². The molecule has 0 spiro atoms. The molecule has 2 rings (SSSR count). The molecule has 45 heavy (non-hydrogen) atoms. The Kier molecular flexibility index (Phi) is 35.5. The van der Waals surface area contributed by atoms with E-state index in [1.165, 1.54) is 179 Å². The summed E-state index contributed by atoms with van der Waals surface area (Å²) in [5.41, 5.74) is 0. The van der Waals surface area contributed by atoms with Gasteiger partial charge in [-0.3, -0.25) is 0 Å². The molecule has 0 aromatic heterocycles. The van der Waals surface area contributed by atoms with Crippen LogP contribution in [0.4, 0.5) is 0 Å². The first kappa shape index (κ1) is 45.1. The third-order valence-corrected chi connectivity index (χ3v) is 14.6. The van der Waals surface area contributed by atoms with Gasteiger partial charge in [-0.2, -0.15) is 24.3 Å². The van der Waals surface area contributed by atoms with Crippen molar-refractivity contribution in [1.29, 1.82) is 0 Å². The Hall–Kier alpha value is 0.0925. The monoisotopic (exact) mass is 694 g/mol. The van der Waals surface area contributed by atoms with Crippen LogP contribution in [0.1, 0.15) is 182 Å². The smallest absolute Gasteiger partial charge is 0.213 e. The van der Waals surface area contributed by atoms with Gasteiger partial charge in [0.05, 0.1) is 0 Å². The Morgan fingerprint density at radius 1 is 0.378 bits per heavy atom. The number of hydrogen-bond acceptors (Lipinski definition) is 0. The Labute approximate surface area is 297 Å². The Morgan fingerprint density at radius 3 is 0.844 bits per heavy atom. The predicted molar refractivity (Wildman–Crippen MR) is 210 cm³/mol. The summed E-state index contributed by atoms with van der Waals surface area (Å²) in [6.45, 7) is 9.20. The number of rotatable bonds is 30. The number of hydrogen-bond donors (Lipinski definition) is 0. The average molecular weight is 695 g/mol.